The molecule has 0 atom stereocenters. The molecular formula is C11H20B. The molecule has 0 heterocycles. The molecule has 0 rings (SSSR count). The monoisotopic (exact) mass is 163 g/mol. The van der Waals surface area contributed by atoms with Gasteiger partial charge in [0.05, 0.1) is 0 Å². The summed E-state index contributed by atoms with van der Waals surface area (Å²) in [5.41, 5.74) is 2.91. The average molecular weight is 163 g/mol. The first-order valence-corrected chi connectivity index (χ1v) is 4.93. The van der Waals surface area contributed by atoms with Crippen molar-refractivity contribution in [3.05, 3.63) is 23.2 Å². The summed E-state index contributed by atoms with van der Waals surface area (Å²) in [6.45, 7) is 8.64. The summed E-state index contributed by atoms with van der Waals surface area (Å²) in [4.78, 5) is 0. The second-order valence-electron chi connectivity index (χ2n) is 2.98. The SMILES string of the molecule is C[B]/C(=C/C(=C\C)CCC)CC. The van der Waals surface area contributed by atoms with Crippen molar-refractivity contribution in [2.24, 2.45) is 0 Å². The van der Waals surface area contributed by atoms with Gasteiger partial charge in [-0.05, 0) is 19.8 Å². The molecule has 0 aromatic heterocycles. The second-order valence-corrected chi connectivity index (χ2v) is 2.98. The lowest BCUT2D eigenvalue weighted by atomic mass is 9.70. The van der Waals surface area contributed by atoms with E-state index in [4.69, 9.17) is 0 Å². The van der Waals surface area contributed by atoms with Crippen molar-refractivity contribution in [1.29, 1.82) is 0 Å². The molecule has 0 aliphatic heterocycles. The van der Waals surface area contributed by atoms with Crippen LogP contribution in [0.3, 0.4) is 0 Å². The zero-order valence-corrected chi connectivity index (χ0v) is 8.85. The summed E-state index contributed by atoms with van der Waals surface area (Å²) in [7, 11) is 2.19. The largest absolute Gasteiger partial charge is 0.142 e. The summed E-state index contributed by atoms with van der Waals surface area (Å²) in [6.07, 6.45) is 8.09. The van der Waals surface area contributed by atoms with Crippen LogP contribution in [0.5, 0.6) is 0 Å². The van der Waals surface area contributed by atoms with Crippen LogP contribution < -0.4 is 0 Å². The Morgan fingerprint density at radius 3 is 2.33 bits per heavy atom. The zero-order chi connectivity index (χ0) is 9.40. The van der Waals surface area contributed by atoms with Crippen LogP contribution in [0.2, 0.25) is 6.82 Å². The first kappa shape index (κ1) is 11.5. The van der Waals surface area contributed by atoms with Gasteiger partial charge in [0.2, 0.25) is 0 Å². The van der Waals surface area contributed by atoms with Crippen LogP contribution in [-0.4, -0.2) is 7.28 Å². The smallest absolute Gasteiger partial charge is 0.109 e. The topological polar surface area (TPSA) is 0 Å². The Kier molecular flexibility index (Phi) is 6.93. The van der Waals surface area contributed by atoms with Crippen LogP contribution in [0.15, 0.2) is 23.2 Å². The fourth-order valence-electron chi connectivity index (χ4n) is 1.22. The minimum atomic E-state index is 1.14. The molecule has 1 heteroatoms. The van der Waals surface area contributed by atoms with Gasteiger partial charge < -0.3 is 0 Å². The molecule has 0 nitrogen and oxygen atoms in total. The van der Waals surface area contributed by atoms with E-state index in [0.29, 0.717) is 0 Å². The Balaban J connectivity index is 4.23. The van der Waals surface area contributed by atoms with Crippen molar-refractivity contribution >= 4 is 7.28 Å². The van der Waals surface area contributed by atoms with Gasteiger partial charge in [0.25, 0.3) is 0 Å². The Hall–Kier alpha value is -0.455. The van der Waals surface area contributed by atoms with Gasteiger partial charge in [-0.15, -0.1) is 5.47 Å². The van der Waals surface area contributed by atoms with Crippen LogP contribution in [0.1, 0.15) is 40.0 Å². The second kappa shape index (κ2) is 7.21. The molecule has 1 radical (unpaired) electrons. The molecule has 0 aliphatic rings. The Morgan fingerprint density at radius 1 is 1.33 bits per heavy atom. The molecular weight excluding hydrogens is 143 g/mol. The van der Waals surface area contributed by atoms with E-state index < -0.39 is 0 Å². The predicted octanol–water partition coefficient (Wildman–Crippen LogP) is 3.78. The molecule has 0 saturated carbocycles. The number of hydrogen-bond donors (Lipinski definition) is 0. The molecule has 67 valence electrons. The lowest BCUT2D eigenvalue weighted by molar-refractivity contribution is 0.921. The maximum absolute atomic E-state index is 2.31. The van der Waals surface area contributed by atoms with Crippen molar-refractivity contribution < 1.29 is 0 Å². The van der Waals surface area contributed by atoms with Crippen molar-refractivity contribution in [2.75, 3.05) is 0 Å². The van der Waals surface area contributed by atoms with E-state index >= 15 is 0 Å². The summed E-state index contributed by atoms with van der Waals surface area (Å²) >= 11 is 0. The van der Waals surface area contributed by atoms with Crippen molar-refractivity contribution in [1.82, 2.24) is 0 Å². The van der Waals surface area contributed by atoms with Gasteiger partial charge in [-0.25, -0.2) is 0 Å². The summed E-state index contributed by atoms with van der Waals surface area (Å²) in [5.74, 6) is 0. The number of allylic oxidation sites excluding steroid dienone is 4. The minimum absolute atomic E-state index is 1.14. The van der Waals surface area contributed by atoms with Crippen molar-refractivity contribution in [2.45, 2.75) is 46.9 Å². The highest BCUT2D eigenvalue weighted by Crippen LogP contribution is 2.10. The van der Waals surface area contributed by atoms with E-state index in [1.807, 2.05) is 0 Å². The highest BCUT2D eigenvalue weighted by molar-refractivity contribution is 6.43. The molecule has 12 heavy (non-hydrogen) atoms. The lowest BCUT2D eigenvalue weighted by Gasteiger charge is -2.02. The fourth-order valence-corrected chi connectivity index (χ4v) is 1.22. The molecule has 0 bridgehead atoms. The molecule has 0 unspecified atom stereocenters. The third-order valence-electron chi connectivity index (χ3n) is 2.06. The van der Waals surface area contributed by atoms with Crippen LogP contribution >= 0.6 is 0 Å². The summed E-state index contributed by atoms with van der Waals surface area (Å²) < 4.78 is 0. The van der Waals surface area contributed by atoms with Gasteiger partial charge in [-0.2, -0.15) is 0 Å². The summed E-state index contributed by atoms with van der Waals surface area (Å²) in [5, 5.41) is 0. The van der Waals surface area contributed by atoms with Crippen molar-refractivity contribution in [3.8, 4) is 0 Å². The van der Waals surface area contributed by atoms with E-state index in [0.717, 1.165) is 6.42 Å². The molecule has 0 aliphatic carbocycles. The third kappa shape index (κ3) is 4.43. The number of hydrogen-bond acceptors (Lipinski definition) is 0. The maximum Gasteiger partial charge on any atom is 0.142 e. The Morgan fingerprint density at radius 2 is 2.00 bits per heavy atom. The molecule has 0 saturated heterocycles. The molecule has 0 fully saturated rings. The highest BCUT2D eigenvalue weighted by atomic mass is 13.9. The van der Waals surface area contributed by atoms with Gasteiger partial charge in [0.15, 0.2) is 0 Å². The van der Waals surface area contributed by atoms with Crippen LogP contribution in [-0.2, 0) is 0 Å². The van der Waals surface area contributed by atoms with Gasteiger partial charge in [-0.1, -0.05) is 44.8 Å². The average Bonchev–Trinajstić information content (AvgIpc) is 2.12. The molecule has 0 aromatic carbocycles. The first-order valence-electron chi connectivity index (χ1n) is 4.93. The highest BCUT2D eigenvalue weighted by Gasteiger charge is 1.94. The van der Waals surface area contributed by atoms with E-state index in [2.05, 4.69) is 47.0 Å². The standard InChI is InChI=1S/C11H20B/c1-5-8-10(6-2)9-11(7-3)12-4/h6,9H,5,7-8H2,1-4H3/b10-6-,11-9+. The molecule has 0 N–H and O–H groups in total. The normalized spacial score (nSPS) is 13.3. The number of rotatable bonds is 5. The van der Waals surface area contributed by atoms with Gasteiger partial charge >= 0.3 is 0 Å². The molecule has 0 amide bonds. The van der Waals surface area contributed by atoms with E-state index in [1.54, 1.807) is 0 Å². The van der Waals surface area contributed by atoms with E-state index in [9.17, 15) is 0 Å². The van der Waals surface area contributed by atoms with E-state index in [1.165, 1.54) is 23.9 Å². The predicted molar refractivity (Wildman–Crippen MR) is 58.7 cm³/mol. The third-order valence-corrected chi connectivity index (χ3v) is 2.06. The van der Waals surface area contributed by atoms with Crippen molar-refractivity contribution in [3.63, 3.8) is 0 Å². The zero-order valence-electron chi connectivity index (χ0n) is 8.85. The van der Waals surface area contributed by atoms with Gasteiger partial charge in [-0.3, -0.25) is 0 Å². The van der Waals surface area contributed by atoms with Crippen LogP contribution in [0.25, 0.3) is 0 Å². The first-order chi connectivity index (χ1) is 5.78. The van der Waals surface area contributed by atoms with Crippen LogP contribution in [0, 0.1) is 0 Å². The fraction of sp³-hybridized carbons (Fsp3) is 0.636. The lowest BCUT2D eigenvalue weighted by Crippen LogP contribution is -1.90. The van der Waals surface area contributed by atoms with E-state index in [-0.39, 0.29) is 0 Å². The quantitative estimate of drug-likeness (QED) is 0.427. The van der Waals surface area contributed by atoms with Gasteiger partial charge in [0, 0.05) is 0 Å². The molecule has 0 aromatic rings. The summed E-state index contributed by atoms with van der Waals surface area (Å²) in [6, 6.07) is 0. The van der Waals surface area contributed by atoms with Gasteiger partial charge in [0.1, 0.15) is 7.28 Å². The Labute approximate surface area is 78.0 Å². The Bertz CT molecular complexity index is 160. The van der Waals surface area contributed by atoms with Crippen LogP contribution in [0.4, 0.5) is 0 Å². The molecule has 0 spiro atoms. The maximum atomic E-state index is 2.31. The minimum Gasteiger partial charge on any atom is -0.109 e.